The van der Waals surface area contributed by atoms with Crippen molar-refractivity contribution in [1.29, 1.82) is 0 Å². The van der Waals surface area contributed by atoms with Crippen LogP contribution < -0.4 is 10.4 Å². The van der Waals surface area contributed by atoms with Crippen molar-refractivity contribution in [1.82, 2.24) is 0 Å². The molecule has 0 fully saturated rings. The summed E-state index contributed by atoms with van der Waals surface area (Å²) in [4.78, 5) is 0. The maximum absolute atomic E-state index is 16.0. The number of halogens is 4. The minimum Gasteiger partial charge on any atom is -0.307 e. The summed E-state index contributed by atoms with van der Waals surface area (Å²) in [5, 5.41) is 1.49. The molecule has 0 aliphatic heterocycles. The number of benzene rings is 1. The first-order valence-corrected chi connectivity index (χ1v) is 14.3. The highest BCUT2D eigenvalue weighted by atomic mass is 79.9. The zero-order valence-corrected chi connectivity index (χ0v) is 21.1. The smallest absolute Gasteiger partial charge is 0.283 e. The molecule has 0 nitrogen and oxygen atoms in total. The molecule has 1 aromatic rings. The van der Waals surface area contributed by atoms with Crippen LogP contribution in [0.3, 0.4) is 0 Å². The second-order valence-electron chi connectivity index (χ2n) is 7.97. The standard InChI is InChI=1S/C18H30Br2F2Si2/c1-11(2)23(21,12(3)4)17-9-16(20)18(10-15(17)19)24(22,13(5)6)14(7)8/h9-14H,1-8H3. The highest BCUT2D eigenvalue weighted by Gasteiger charge is 2.48. The van der Waals surface area contributed by atoms with Crippen molar-refractivity contribution in [2.24, 2.45) is 0 Å². The lowest BCUT2D eigenvalue weighted by atomic mass is 10.3. The van der Waals surface area contributed by atoms with Crippen LogP contribution in [0.15, 0.2) is 21.1 Å². The van der Waals surface area contributed by atoms with Crippen molar-refractivity contribution in [3.05, 3.63) is 21.1 Å². The van der Waals surface area contributed by atoms with Crippen LogP contribution in [0.2, 0.25) is 22.2 Å². The van der Waals surface area contributed by atoms with Crippen molar-refractivity contribution < 1.29 is 8.22 Å². The first-order valence-electron chi connectivity index (χ1n) is 8.68. The minimum atomic E-state index is -3.18. The van der Waals surface area contributed by atoms with Gasteiger partial charge in [0.1, 0.15) is 0 Å². The lowest BCUT2D eigenvalue weighted by molar-refractivity contribution is 0.696. The van der Waals surface area contributed by atoms with Gasteiger partial charge in [-0.2, -0.15) is 0 Å². The molecule has 0 unspecified atom stereocenters. The normalized spacial score (nSPS) is 13.7. The van der Waals surface area contributed by atoms with E-state index in [-0.39, 0.29) is 22.2 Å². The summed E-state index contributed by atoms with van der Waals surface area (Å²) in [6.07, 6.45) is 0. The molecule has 0 spiro atoms. The molecule has 0 atom stereocenters. The molecule has 0 aliphatic rings. The van der Waals surface area contributed by atoms with E-state index in [4.69, 9.17) is 0 Å². The molecule has 0 aliphatic carbocycles. The van der Waals surface area contributed by atoms with Gasteiger partial charge in [-0.3, -0.25) is 0 Å². The van der Waals surface area contributed by atoms with Crippen LogP contribution in [-0.2, 0) is 0 Å². The van der Waals surface area contributed by atoms with Crippen LogP contribution in [0.1, 0.15) is 55.4 Å². The molecular formula is C18H30Br2F2Si2. The number of hydrogen-bond donors (Lipinski definition) is 0. The van der Waals surface area contributed by atoms with Gasteiger partial charge in [-0.15, -0.1) is 0 Å². The van der Waals surface area contributed by atoms with E-state index in [0.29, 0.717) is 0 Å². The molecule has 1 rings (SSSR count). The fourth-order valence-corrected chi connectivity index (χ4v) is 13.4. The van der Waals surface area contributed by atoms with E-state index in [2.05, 4.69) is 31.9 Å². The summed E-state index contributed by atoms with van der Waals surface area (Å²) in [5.74, 6) is 0. The first-order chi connectivity index (χ1) is 10.8. The van der Waals surface area contributed by atoms with E-state index in [1.165, 1.54) is 0 Å². The van der Waals surface area contributed by atoms with Crippen LogP contribution in [0.25, 0.3) is 0 Å². The molecule has 0 bridgehead atoms. The van der Waals surface area contributed by atoms with Gasteiger partial charge in [-0.05, 0) is 44.7 Å². The molecule has 24 heavy (non-hydrogen) atoms. The molecule has 0 aromatic heterocycles. The van der Waals surface area contributed by atoms with Gasteiger partial charge in [0, 0.05) is 8.95 Å². The second kappa shape index (κ2) is 8.01. The highest BCUT2D eigenvalue weighted by molar-refractivity contribution is 9.11. The van der Waals surface area contributed by atoms with Gasteiger partial charge in [-0.1, -0.05) is 87.2 Å². The maximum Gasteiger partial charge on any atom is 0.283 e. The van der Waals surface area contributed by atoms with Gasteiger partial charge in [0.05, 0.1) is 0 Å². The third-order valence-corrected chi connectivity index (χ3v) is 16.5. The Morgan fingerprint density at radius 1 is 0.625 bits per heavy atom. The molecular weight excluding hydrogens is 470 g/mol. The summed E-state index contributed by atoms with van der Waals surface area (Å²) in [5.41, 5.74) is -0.133. The fraction of sp³-hybridized carbons (Fsp3) is 0.667. The molecule has 0 radical (unpaired) electrons. The van der Waals surface area contributed by atoms with Gasteiger partial charge in [0.2, 0.25) is 0 Å². The minimum absolute atomic E-state index is 0.0332. The molecule has 138 valence electrons. The van der Waals surface area contributed by atoms with Gasteiger partial charge in [0.25, 0.3) is 16.8 Å². The Labute approximate surface area is 165 Å². The van der Waals surface area contributed by atoms with Gasteiger partial charge < -0.3 is 8.22 Å². The summed E-state index contributed by atoms with van der Waals surface area (Å²) in [7, 11) is -6.35. The summed E-state index contributed by atoms with van der Waals surface area (Å²) < 4.78 is 33.4. The van der Waals surface area contributed by atoms with E-state index in [1.54, 1.807) is 0 Å². The van der Waals surface area contributed by atoms with Crippen molar-refractivity contribution in [2.75, 3.05) is 0 Å². The van der Waals surface area contributed by atoms with Crippen LogP contribution in [0.4, 0.5) is 8.22 Å². The summed E-state index contributed by atoms with van der Waals surface area (Å²) in [6, 6.07) is 3.72. The molecule has 6 heteroatoms. The van der Waals surface area contributed by atoms with E-state index >= 15 is 8.22 Å². The zero-order chi connectivity index (χ0) is 19.0. The topological polar surface area (TPSA) is 0 Å². The Bertz CT molecular complexity index is 519. The molecule has 0 saturated heterocycles. The molecule has 0 saturated carbocycles. The molecule has 1 aromatic carbocycles. The van der Waals surface area contributed by atoms with Crippen molar-refractivity contribution in [2.45, 2.75) is 77.6 Å². The van der Waals surface area contributed by atoms with E-state index in [9.17, 15) is 0 Å². The Balaban J connectivity index is 3.65. The third-order valence-electron chi connectivity index (χ3n) is 5.24. The van der Waals surface area contributed by atoms with E-state index < -0.39 is 16.8 Å². The molecule has 0 N–H and O–H groups in total. The van der Waals surface area contributed by atoms with E-state index in [1.807, 2.05) is 67.5 Å². The first kappa shape index (κ1) is 22.5. The van der Waals surface area contributed by atoms with Crippen LogP contribution in [0, 0.1) is 0 Å². The molecule has 0 heterocycles. The van der Waals surface area contributed by atoms with Crippen LogP contribution in [-0.4, -0.2) is 16.8 Å². The predicted molar refractivity (Wildman–Crippen MR) is 115 cm³/mol. The average Bonchev–Trinajstić information content (AvgIpc) is 2.46. The molecule has 0 amide bonds. The number of rotatable bonds is 6. The second-order valence-corrected chi connectivity index (χ2v) is 18.4. The van der Waals surface area contributed by atoms with Gasteiger partial charge in [0.15, 0.2) is 0 Å². The number of hydrogen-bond acceptors (Lipinski definition) is 0. The average molecular weight is 500 g/mol. The van der Waals surface area contributed by atoms with E-state index in [0.717, 1.165) is 19.3 Å². The maximum atomic E-state index is 16.0. The van der Waals surface area contributed by atoms with Gasteiger partial charge in [-0.25, -0.2) is 0 Å². The van der Waals surface area contributed by atoms with Crippen molar-refractivity contribution >= 4 is 59.0 Å². The Hall–Kier alpha value is 0.474. The summed E-state index contributed by atoms with van der Waals surface area (Å²) >= 11 is 7.15. The fourth-order valence-electron chi connectivity index (χ4n) is 3.71. The Morgan fingerprint density at radius 3 is 1.00 bits per heavy atom. The predicted octanol–water partition coefficient (Wildman–Crippen LogP) is 7.10. The largest absolute Gasteiger partial charge is 0.307 e. The van der Waals surface area contributed by atoms with Gasteiger partial charge >= 0.3 is 0 Å². The van der Waals surface area contributed by atoms with Crippen molar-refractivity contribution in [3.63, 3.8) is 0 Å². The lowest BCUT2D eigenvalue weighted by Crippen LogP contribution is -2.53. The van der Waals surface area contributed by atoms with Crippen LogP contribution >= 0.6 is 31.9 Å². The summed E-state index contributed by atoms with van der Waals surface area (Å²) in [6.45, 7) is 15.6. The Kier molecular flexibility index (Phi) is 7.51. The quantitative estimate of drug-likeness (QED) is 0.289. The Morgan fingerprint density at radius 2 is 0.833 bits per heavy atom. The monoisotopic (exact) mass is 498 g/mol. The zero-order valence-electron chi connectivity index (χ0n) is 16.0. The van der Waals surface area contributed by atoms with Crippen LogP contribution in [0.5, 0.6) is 0 Å². The third kappa shape index (κ3) is 3.76. The lowest BCUT2D eigenvalue weighted by Gasteiger charge is -2.35. The highest BCUT2D eigenvalue weighted by Crippen LogP contribution is 2.38. The van der Waals surface area contributed by atoms with Crippen molar-refractivity contribution in [3.8, 4) is 0 Å². The SMILES string of the molecule is CC(C)[Si](F)(c1cc(Br)c([Si](F)(C(C)C)C(C)C)cc1Br)C(C)C.